The van der Waals surface area contributed by atoms with Crippen LogP contribution in [0.4, 0.5) is 0 Å². The van der Waals surface area contributed by atoms with Gasteiger partial charge in [-0.3, -0.25) is 4.79 Å². The van der Waals surface area contributed by atoms with Crippen molar-refractivity contribution >= 4 is 5.91 Å². The predicted molar refractivity (Wildman–Crippen MR) is 88.1 cm³/mol. The monoisotopic (exact) mass is 304 g/mol. The number of amides is 1. The van der Waals surface area contributed by atoms with Gasteiger partial charge in [-0.2, -0.15) is 0 Å². The molecule has 0 saturated carbocycles. The molecule has 2 rings (SSSR count). The molecular formula is C18H28N2O2. The third-order valence-corrected chi connectivity index (χ3v) is 4.64. The van der Waals surface area contributed by atoms with Crippen LogP contribution < -0.4 is 5.73 Å². The Hall–Kier alpha value is -1.39. The molecule has 2 atom stereocenters. The van der Waals surface area contributed by atoms with Crippen LogP contribution in [0.25, 0.3) is 0 Å². The topological polar surface area (TPSA) is 66.6 Å². The molecular weight excluding hydrogens is 276 g/mol. The second kappa shape index (κ2) is 6.80. The van der Waals surface area contributed by atoms with E-state index in [-0.39, 0.29) is 17.2 Å². The smallest absolute Gasteiger partial charge is 0.240 e. The highest BCUT2D eigenvalue weighted by Gasteiger charge is 2.34. The van der Waals surface area contributed by atoms with E-state index in [0.29, 0.717) is 13.1 Å². The Kier molecular flexibility index (Phi) is 5.24. The van der Waals surface area contributed by atoms with E-state index < -0.39 is 12.1 Å². The number of aliphatic hydroxyl groups is 1. The molecule has 1 aliphatic rings. The lowest BCUT2D eigenvalue weighted by Crippen LogP contribution is -2.52. The van der Waals surface area contributed by atoms with E-state index in [0.717, 1.165) is 18.4 Å². The number of carbonyl (C=O) groups is 1. The Labute approximate surface area is 133 Å². The number of nitrogens with two attached hydrogens (primary N) is 1. The number of benzene rings is 1. The first-order valence-corrected chi connectivity index (χ1v) is 8.08. The summed E-state index contributed by atoms with van der Waals surface area (Å²) >= 11 is 0. The van der Waals surface area contributed by atoms with Gasteiger partial charge in [0, 0.05) is 13.1 Å². The van der Waals surface area contributed by atoms with Crippen LogP contribution in [0.1, 0.15) is 45.3 Å². The molecule has 0 spiro atoms. The molecule has 1 unspecified atom stereocenters. The van der Waals surface area contributed by atoms with Gasteiger partial charge in [0.05, 0.1) is 12.1 Å². The summed E-state index contributed by atoms with van der Waals surface area (Å²) in [5.41, 5.74) is 6.80. The summed E-state index contributed by atoms with van der Waals surface area (Å²) in [6.45, 7) is 7.32. The Balaban J connectivity index is 1.92. The van der Waals surface area contributed by atoms with Crippen molar-refractivity contribution in [3.63, 3.8) is 0 Å². The van der Waals surface area contributed by atoms with Gasteiger partial charge in [0.25, 0.3) is 0 Å². The van der Waals surface area contributed by atoms with Crippen LogP contribution in [-0.4, -0.2) is 35.0 Å². The largest absolute Gasteiger partial charge is 0.388 e. The van der Waals surface area contributed by atoms with Crippen LogP contribution in [0.5, 0.6) is 0 Å². The van der Waals surface area contributed by atoms with E-state index in [2.05, 4.69) is 0 Å². The van der Waals surface area contributed by atoms with Crippen molar-refractivity contribution in [3.05, 3.63) is 35.9 Å². The van der Waals surface area contributed by atoms with Crippen molar-refractivity contribution in [2.24, 2.45) is 17.1 Å². The average Bonchev–Trinajstić information content (AvgIpc) is 2.53. The number of carbonyl (C=O) groups excluding carboxylic acids is 1. The summed E-state index contributed by atoms with van der Waals surface area (Å²) in [6.07, 6.45) is 1.19. The molecule has 4 nitrogen and oxygen atoms in total. The molecule has 1 aliphatic heterocycles. The number of rotatable bonds is 3. The Bertz CT molecular complexity index is 488. The lowest BCUT2D eigenvalue weighted by molar-refractivity contribution is -0.137. The minimum absolute atomic E-state index is 0.0279. The Morgan fingerprint density at radius 3 is 2.27 bits per heavy atom. The lowest BCUT2D eigenvalue weighted by atomic mass is 9.84. The van der Waals surface area contributed by atoms with Crippen molar-refractivity contribution in [2.75, 3.05) is 13.1 Å². The summed E-state index contributed by atoms with van der Waals surface area (Å²) in [5, 5.41) is 10.5. The van der Waals surface area contributed by atoms with Gasteiger partial charge in [0.2, 0.25) is 5.91 Å². The fourth-order valence-corrected chi connectivity index (χ4v) is 2.93. The highest BCUT2D eigenvalue weighted by atomic mass is 16.3. The van der Waals surface area contributed by atoms with Crippen LogP contribution in [-0.2, 0) is 4.79 Å². The van der Waals surface area contributed by atoms with Gasteiger partial charge in [0.1, 0.15) is 0 Å². The molecule has 0 aromatic heterocycles. The zero-order valence-corrected chi connectivity index (χ0v) is 13.8. The summed E-state index contributed by atoms with van der Waals surface area (Å²) in [5.74, 6) is 0.234. The Morgan fingerprint density at radius 1 is 1.23 bits per heavy atom. The standard InChI is InChI=1S/C18H28N2O2/c1-18(2,3)16(19)17(22)20-11-9-14(10-12-20)15(21)13-7-5-4-6-8-13/h4-8,14-16,21H,9-12,19H2,1-3H3/t15?,16-/m1/s1. The SMILES string of the molecule is CC(C)(C)[C@H](N)C(=O)N1CCC(C(O)c2ccccc2)CC1. The number of nitrogens with zero attached hydrogens (tertiary/aromatic N) is 1. The van der Waals surface area contributed by atoms with Gasteiger partial charge in [0.15, 0.2) is 0 Å². The summed E-state index contributed by atoms with van der Waals surface area (Å²) in [7, 11) is 0. The van der Waals surface area contributed by atoms with Crippen LogP contribution in [0.2, 0.25) is 0 Å². The maximum absolute atomic E-state index is 12.4. The molecule has 122 valence electrons. The molecule has 1 heterocycles. The van der Waals surface area contributed by atoms with Crippen molar-refractivity contribution < 1.29 is 9.90 Å². The molecule has 0 bridgehead atoms. The van der Waals surface area contributed by atoms with Crippen LogP contribution in [0.3, 0.4) is 0 Å². The third-order valence-electron chi connectivity index (χ3n) is 4.64. The molecule has 4 heteroatoms. The van der Waals surface area contributed by atoms with Gasteiger partial charge in [-0.1, -0.05) is 51.1 Å². The summed E-state index contributed by atoms with van der Waals surface area (Å²) in [4.78, 5) is 14.3. The highest BCUT2D eigenvalue weighted by Crippen LogP contribution is 2.31. The molecule has 3 N–H and O–H groups in total. The number of hydrogen-bond acceptors (Lipinski definition) is 3. The number of piperidine rings is 1. The van der Waals surface area contributed by atoms with E-state index in [4.69, 9.17) is 5.73 Å². The maximum Gasteiger partial charge on any atom is 0.240 e. The minimum Gasteiger partial charge on any atom is -0.388 e. The van der Waals surface area contributed by atoms with Crippen LogP contribution >= 0.6 is 0 Å². The Morgan fingerprint density at radius 2 is 1.77 bits per heavy atom. The normalized spacial score (nSPS) is 19.8. The van der Waals surface area contributed by atoms with E-state index >= 15 is 0 Å². The molecule has 1 amide bonds. The molecule has 1 saturated heterocycles. The van der Waals surface area contributed by atoms with Gasteiger partial charge >= 0.3 is 0 Å². The van der Waals surface area contributed by atoms with E-state index in [1.165, 1.54) is 0 Å². The van der Waals surface area contributed by atoms with E-state index in [1.54, 1.807) is 0 Å². The third kappa shape index (κ3) is 3.87. The van der Waals surface area contributed by atoms with Gasteiger partial charge in [-0.05, 0) is 29.7 Å². The average molecular weight is 304 g/mol. The molecule has 1 aromatic rings. The quantitative estimate of drug-likeness (QED) is 0.900. The molecule has 1 fully saturated rings. The number of hydrogen-bond donors (Lipinski definition) is 2. The lowest BCUT2D eigenvalue weighted by Gasteiger charge is -2.37. The van der Waals surface area contributed by atoms with E-state index in [9.17, 15) is 9.90 Å². The minimum atomic E-state index is -0.469. The molecule has 0 radical (unpaired) electrons. The van der Waals surface area contributed by atoms with E-state index in [1.807, 2.05) is 56.0 Å². The molecule has 1 aromatic carbocycles. The van der Waals surface area contributed by atoms with Crippen molar-refractivity contribution in [1.82, 2.24) is 4.90 Å². The first-order chi connectivity index (χ1) is 10.3. The summed E-state index contributed by atoms with van der Waals surface area (Å²) in [6, 6.07) is 9.28. The van der Waals surface area contributed by atoms with Crippen molar-refractivity contribution in [1.29, 1.82) is 0 Å². The fourth-order valence-electron chi connectivity index (χ4n) is 2.93. The first-order valence-electron chi connectivity index (χ1n) is 8.08. The molecule has 22 heavy (non-hydrogen) atoms. The van der Waals surface area contributed by atoms with Crippen LogP contribution in [0.15, 0.2) is 30.3 Å². The van der Waals surface area contributed by atoms with Crippen molar-refractivity contribution in [3.8, 4) is 0 Å². The number of aliphatic hydroxyl groups excluding tert-OH is 1. The predicted octanol–water partition coefficient (Wildman–Crippen LogP) is 2.33. The summed E-state index contributed by atoms with van der Waals surface area (Å²) < 4.78 is 0. The fraction of sp³-hybridized carbons (Fsp3) is 0.611. The second-order valence-electron chi connectivity index (χ2n) is 7.36. The second-order valence-corrected chi connectivity index (χ2v) is 7.36. The maximum atomic E-state index is 12.4. The zero-order chi connectivity index (χ0) is 16.3. The van der Waals surface area contributed by atoms with Gasteiger partial charge in [-0.15, -0.1) is 0 Å². The highest BCUT2D eigenvalue weighted by molar-refractivity contribution is 5.82. The molecule has 0 aliphatic carbocycles. The van der Waals surface area contributed by atoms with Gasteiger partial charge < -0.3 is 15.7 Å². The zero-order valence-electron chi connectivity index (χ0n) is 13.8. The van der Waals surface area contributed by atoms with Crippen LogP contribution in [0, 0.1) is 11.3 Å². The van der Waals surface area contributed by atoms with Gasteiger partial charge in [-0.25, -0.2) is 0 Å². The first kappa shape index (κ1) is 17.0. The van der Waals surface area contributed by atoms with Crippen molar-refractivity contribution in [2.45, 2.75) is 45.8 Å². The number of likely N-dealkylation sites (tertiary alicyclic amines) is 1.